The molecular weight excluding hydrogens is 357 g/mol. The van der Waals surface area contributed by atoms with Crippen molar-refractivity contribution in [3.63, 3.8) is 0 Å². The second kappa shape index (κ2) is 8.78. The molecule has 0 spiro atoms. The molecule has 6 heteroatoms. The molecule has 1 heterocycles. The summed E-state index contributed by atoms with van der Waals surface area (Å²) in [5.74, 6) is 0.500. The largest absolute Gasteiger partial charge is 0.344 e. The van der Waals surface area contributed by atoms with Gasteiger partial charge in [-0.1, -0.05) is 67.4 Å². The molecule has 0 saturated carbocycles. The number of nitrogens with one attached hydrogen (secondary N) is 1. The molecule has 0 aliphatic heterocycles. The molecule has 0 fully saturated rings. The quantitative estimate of drug-likeness (QED) is 0.648. The van der Waals surface area contributed by atoms with Crippen LogP contribution in [0.1, 0.15) is 43.3 Å². The number of carbonyl (C=O) groups is 1. The fourth-order valence-corrected chi connectivity index (χ4v) is 2.88. The van der Waals surface area contributed by atoms with E-state index in [0.717, 1.165) is 23.1 Å². The lowest BCUT2D eigenvalue weighted by molar-refractivity contribution is -0.121. The van der Waals surface area contributed by atoms with E-state index in [2.05, 4.69) is 15.5 Å². The van der Waals surface area contributed by atoms with Crippen LogP contribution in [-0.2, 0) is 11.2 Å². The van der Waals surface area contributed by atoms with Gasteiger partial charge in [0, 0.05) is 5.56 Å². The van der Waals surface area contributed by atoms with Crippen molar-refractivity contribution in [1.29, 1.82) is 0 Å². The third-order valence-electron chi connectivity index (χ3n) is 4.82. The van der Waals surface area contributed by atoms with E-state index in [4.69, 9.17) is 4.52 Å². The third kappa shape index (κ3) is 4.82. The molecule has 28 heavy (non-hydrogen) atoms. The minimum atomic E-state index is -0.385. The van der Waals surface area contributed by atoms with Gasteiger partial charge in [0.2, 0.25) is 17.6 Å². The standard InChI is InChI=1S/C22H24FN3O2/c1-4-15(3)20(24-19(27)13-16-7-11-18(23)12-8-16)22-25-21(26-28-22)17-9-5-14(2)6-10-17/h5-12,15,20H,4,13H2,1-3H3,(H,24,27)/t15-,20+/m0/s1. The summed E-state index contributed by atoms with van der Waals surface area (Å²) in [6.45, 7) is 6.08. The number of benzene rings is 2. The van der Waals surface area contributed by atoms with Crippen LogP contribution in [0.2, 0.25) is 0 Å². The van der Waals surface area contributed by atoms with Crippen LogP contribution in [-0.4, -0.2) is 16.0 Å². The molecule has 3 aromatic rings. The molecule has 0 aliphatic rings. The topological polar surface area (TPSA) is 68.0 Å². The summed E-state index contributed by atoms with van der Waals surface area (Å²) < 4.78 is 18.5. The van der Waals surface area contributed by atoms with Gasteiger partial charge < -0.3 is 9.84 Å². The van der Waals surface area contributed by atoms with Crippen molar-refractivity contribution >= 4 is 5.91 Å². The van der Waals surface area contributed by atoms with E-state index in [1.807, 2.05) is 45.0 Å². The molecule has 0 saturated heterocycles. The first-order chi connectivity index (χ1) is 13.5. The lowest BCUT2D eigenvalue weighted by atomic mass is 9.98. The zero-order chi connectivity index (χ0) is 20.1. The van der Waals surface area contributed by atoms with Gasteiger partial charge in [-0.2, -0.15) is 4.98 Å². The Morgan fingerprint density at radius 3 is 2.46 bits per heavy atom. The van der Waals surface area contributed by atoms with Gasteiger partial charge in [-0.15, -0.1) is 0 Å². The van der Waals surface area contributed by atoms with E-state index in [0.29, 0.717) is 11.7 Å². The highest BCUT2D eigenvalue weighted by atomic mass is 19.1. The van der Waals surface area contributed by atoms with Crippen LogP contribution in [0.4, 0.5) is 4.39 Å². The highest BCUT2D eigenvalue weighted by molar-refractivity contribution is 5.79. The smallest absolute Gasteiger partial charge is 0.249 e. The number of aryl methyl sites for hydroxylation is 1. The monoisotopic (exact) mass is 381 g/mol. The molecule has 0 aliphatic carbocycles. The number of halogens is 1. The Hall–Kier alpha value is -3.02. The number of rotatable bonds is 7. The van der Waals surface area contributed by atoms with Gasteiger partial charge in [0.25, 0.3) is 0 Å². The van der Waals surface area contributed by atoms with E-state index >= 15 is 0 Å². The van der Waals surface area contributed by atoms with Crippen molar-refractivity contribution < 1.29 is 13.7 Å². The van der Waals surface area contributed by atoms with E-state index in [-0.39, 0.29) is 30.1 Å². The van der Waals surface area contributed by atoms with Crippen molar-refractivity contribution in [2.75, 3.05) is 0 Å². The molecule has 1 aromatic heterocycles. The zero-order valence-corrected chi connectivity index (χ0v) is 16.3. The number of hydrogen-bond acceptors (Lipinski definition) is 4. The van der Waals surface area contributed by atoms with Crippen molar-refractivity contribution in [2.45, 2.75) is 39.7 Å². The predicted octanol–water partition coefficient (Wildman–Crippen LogP) is 4.63. The molecular formula is C22H24FN3O2. The highest BCUT2D eigenvalue weighted by Gasteiger charge is 2.26. The number of amides is 1. The van der Waals surface area contributed by atoms with Crippen LogP contribution in [0.3, 0.4) is 0 Å². The maximum Gasteiger partial charge on any atom is 0.249 e. The summed E-state index contributed by atoms with van der Waals surface area (Å²) in [4.78, 5) is 17.0. The molecule has 0 unspecified atom stereocenters. The van der Waals surface area contributed by atoms with Crippen LogP contribution in [0, 0.1) is 18.7 Å². The van der Waals surface area contributed by atoms with Crippen LogP contribution in [0.5, 0.6) is 0 Å². The molecule has 2 aromatic carbocycles. The first-order valence-electron chi connectivity index (χ1n) is 9.40. The molecule has 0 bridgehead atoms. The average molecular weight is 381 g/mol. The Labute approximate surface area is 164 Å². The van der Waals surface area contributed by atoms with Gasteiger partial charge in [-0.3, -0.25) is 4.79 Å². The maximum absolute atomic E-state index is 13.0. The average Bonchev–Trinajstić information content (AvgIpc) is 3.17. The first-order valence-corrected chi connectivity index (χ1v) is 9.40. The fraction of sp³-hybridized carbons (Fsp3) is 0.318. The molecule has 3 rings (SSSR count). The van der Waals surface area contributed by atoms with Gasteiger partial charge >= 0.3 is 0 Å². The number of carbonyl (C=O) groups excluding carboxylic acids is 1. The SMILES string of the molecule is CC[C@H](C)[C@@H](NC(=O)Cc1ccc(F)cc1)c1nc(-c2ccc(C)cc2)no1. The number of nitrogens with zero attached hydrogens (tertiary/aromatic N) is 2. The Balaban J connectivity index is 1.75. The Morgan fingerprint density at radius 1 is 1.14 bits per heavy atom. The maximum atomic E-state index is 13.0. The van der Waals surface area contributed by atoms with Crippen molar-refractivity contribution in [3.8, 4) is 11.4 Å². The molecule has 1 amide bonds. The summed E-state index contributed by atoms with van der Waals surface area (Å²) in [5, 5.41) is 7.07. The van der Waals surface area contributed by atoms with E-state index in [1.54, 1.807) is 12.1 Å². The van der Waals surface area contributed by atoms with Crippen LogP contribution >= 0.6 is 0 Å². The molecule has 0 radical (unpaired) electrons. The molecule has 146 valence electrons. The molecule has 1 N–H and O–H groups in total. The highest BCUT2D eigenvalue weighted by Crippen LogP contribution is 2.26. The van der Waals surface area contributed by atoms with Crippen LogP contribution < -0.4 is 5.32 Å². The van der Waals surface area contributed by atoms with Crippen molar-refractivity contribution in [2.24, 2.45) is 5.92 Å². The lowest BCUT2D eigenvalue weighted by Crippen LogP contribution is -2.33. The van der Waals surface area contributed by atoms with E-state index < -0.39 is 0 Å². The minimum Gasteiger partial charge on any atom is -0.344 e. The Kier molecular flexibility index (Phi) is 6.19. The zero-order valence-electron chi connectivity index (χ0n) is 16.3. The Morgan fingerprint density at radius 2 is 1.82 bits per heavy atom. The Bertz CT molecular complexity index is 920. The summed E-state index contributed by atoms with van der Waals surface area (Å²) >= 11 is 0. The number of hydrogen-bond donors (Lipinski definition) is 1. The minimum absolute atomic E-state index is 0.114. The van der Waals surface area contributed by atoms with E-state index in [9.17, 15) is 9.18 Å². The summed E-state index contributed by atoms with van der Waals surface area (Å²) in [6, 6.07) is 13.4. The summed E-state index contributed by atoms with van der Waals surface area (Å²) in [6.07, 6.45) is 0.996. The summed E-state index contributed by atoms with van der Waals surface area (Å²) in [5.41, 5.74) is 2.76. The first kappa shape index (κ1) is 19.7. The van der Waals surface area contributed by atoms with Crippen molar-refractivity contribution in [1.82, 2.24) is 15.5 Å². The summed E-state index contributed by atoms with van der Waals surface area (Å²) in [7, 11) is 0. The predicted molar refractivity (Wildman–Crippen MR) is 105 cm³/mol. The normalized spacial score (nSPS) is 13.1. The number of aromatic nitrogens is 2. The van der Waals surface area contributed by atoms with Gasteiger partial charge in [0.1, 0.15) is 11.9 Å². The van der Waals surface area contributed by atoms with Gasteiger partial charge in [-0.25, -0.2) is 4.39 Å². The van der Waals surface area contributed by atoms with Crippen LogP contribution in [0.25, 0.3) is 11.4 Å². The van der Waals surface area contributed by atoms with Gasteiger partial charge in [-0.05, 0) is 30.5 Å². The third-order valence-corrected chi connectivity index (χ3v) is 4.82. The lowest BCUT2D eigenvalue weighted by Gasteiger charge is -2.20. The van der Waals surface area contributed by atoms with E-state index in [1.165, 1.54) is 12.1 Å². The van der Waals surface area contributed by atoms with Gasteiger partial charge in [0.15, 0.2) is 0 Å². The fourth-order valence-electron chi connectivity index (χ4n) is 2.88. The van der Waals surface area contributed by atoms with Crippen molar-refractivity contribution in [3.05, 3.63) is 71.4 Å². The second-order valence-corrected chi connectivity index (χ2v) is 7.06. The molecule has 2 atom stereocenters. The second-order valence-electron chi connectivity index (χ2n) is 7.06. The van der Waals surface area contributed by atoms with Gasteiger partial charge in [0.05, 0.1) is 6.42 Å². The molecule has 5 nitrogen and oxygen atoms in total. The van der Waals surface area contributed by atoms with Crippen LogP contribution in [0.15, 0.2) is 53.1 Å².